The predicted octanol–water partition coefficient (Wildman–Crippen LogP) is 3.26. The zero-order valence-electron chi connectivity index (χ0n) is 25.6. The van der Waals surface area contributed by atoms with Crippen LogP contribution in [0.2, 0.25) is 0 Å². The number of ether oxygens (including phenoxy) is 2. The van der Waals surface area contributed by atoms with E-state index in [1.807, 2.05) is 58.4 Å². The molecule has 4 aliphatic rings. The second-order valence-electron chi connectivity index (χ2n) is 13.9. The van der Waals surface area contributed by atoms with Crippen molar-refractivity contribution in [1.29, 1.82) is 0 Å². The van der Waals surface area contributed by atoms with Gasteiger partial charge in [0.2, 0.25) is 0 Å². The Balaban J connectivity index is 0.000000168. The molecule has 1 atom stereocenters. The molecular weight excluding hydrogens is 540 g/mol. The Hall–Kier alpha value is -3.41. The monoisotopic (exact) mass is 584 g/mol. The summed E-state index contributed by atoms with van der Waals surface area (Å²) in [5.41, 5.74) is 0.422. The van der Waals surface area contributed by atoms with E-state index in [4.69, 9.17) is 9.47 Å². The minimum absolute atomic E-state index is 0.217. The van der Waals surface area contributed by atoms with Gasteiger partial charge in [-0.3, -0.25) is 14.2 Å². The van der Waals surface area contributed by atoms with Gasteiger partial charge < -0.3 is 24.4 Å². The molecule has 0 aromatic carbocycles. The van der Waals surface area contributed by atoms with Crippen molar-refractivity contribution in [3.8, 4) is 0 Å². The van der Waals surface area contributed by atoms with E-state index in [1.165, 1.54) is 0 Å². The Labute approximate surface area is 246 Å². The van der Waals surface area contributed by atoms with Gasteiger partial charge in [-0.15, -0.1) is 0 Å². The number of ketones is 1. The van der Waals surface area contributed by atoms with Crippen molar-refractivity contribution < 1.29 is 29.0 Å². The van der Waals surface area contributed by atoms with Crippen LogP contribution in [0, 0.1) is 0 Å². The Morgan fingerprint density at radius 1 is 0.810 bits per heavy atom. The van der Waals surface area contributed by atoms with Crippen LogP contribution in [-0.4, -0.2) is 95.9 Å². The topological polar surface area (TPSA) is 132 Å². The Kier molecular flexibility index (Phi) is 7.66. The molecule has 42 heavy (non-hydrogen) atoms. The highest BCUT2D eigenvalue weighted by Gasteiger charge is 2.51. The molecule has 1 unspecified atom stereocenters. The Morgan fingerprint density at radius 2 is 1.29 bits per heavy atom. The molecule has 2 saturated heterocycles. The van der Waals surface area contributed by atoms with Gasteiger partial charge in [-0.1, -0.05) is 0 Å². The SMILES string of the molecule is CC(C)(C)OC(=O)N1CCC2(CC1)C(=O)Cn1nccc12.CC(C)(C)OC(=O)N1CCC2(CC1)c1ccnn1CC2O. The third-order valence-electron chi connectivity index (χ3n) is 8.82. The molecule has 0 saturated carbocycles. The number of piperidine rings is 2. The highest BCUT2D eigenvalue weighted by molar-refractivity contribution is 5.92. The van der Waals surface area contributed by atoms with Crippen molar-refractivity contribution in [2.45, 2.75) is 108 Å². The standard InChI is InChI=1S/C15H23N3O3.C15H21N3O3/c2*1-14(2,3)21-13(20)17-8-5-15(6-9-17)11-4-7-16-18(11)10-12(15)19/h4,7,12,19H,5-6,8-10H2,1-3H3;4,7H,5-6,8-10H2,1-3H3. The van der Waals surface area contributed by atoms with Gasteiger partial charge in [-0.2, -0.15) is 10.2 Å². The second kappa shape index (κ2) is 10.7. The van der Waals surface area contributed by atoms with Crippen LogP contribution in [0.4, 0.5) is 9.59 Å². The van der Waals surface area contributed by atoms with Gasteiger partial charge in [0.15, 0.2) is 5.78 Å². The molecule has 4 aliphatic heterocycles. The number of hydrogen-bond acceptors (Lipinski definition) is 8. The highest BCUT2D eigenvalue weighted by Crippen LogP contribution is 2.43. The van der Waals surface area contributed by atoms with Gasteiger partial charge in [0, 0.05) is 49.7 Å². The summed E-state index contributed by atoms with van der Waals surface area (Å²) in [6.07, 6.45) is 5.34. The average Bonchev–Trinajstić information content (AvgIpc) is 3.65. The number of Topliss-reactive ketones (excluding diaryl/α,β-unsaturated/α-hetero) is 1. The largest absolute Gasteiger partial charge is 0.444 e. The zero-order valence-corrected chi connectivity index (χ0v) is 25.6. The smallest absolute Gasteiger partial charge is 0.410 e. The molecule has 6 heterocycles. The maximum Gasteiger partial charge on any atom is 0.410 e. The lowest BCUT2D eigenvalue weighted by Gasteiger charge is -2.41. The van der Waals surface area contributed by atoms with Crippen molar-refractivity contribution in [3.63, 3.8) is 0 Å². The summed E-state index contributed by atoms with van der Waals surface area (Å²) >= 11 is 0. The number of amides is 2. The normalized spacial score (nSPS) is 22.5. The van der Waals surface area contributed by atoms with Gasteiger partial charge >= 0.3 is 12.2 Å². The average molecular weight is 585 g/mol. The van der Waals surface area contributed by atoms with E-state index >= 15 is 0 Å². The van der Waals surface area contributed by atoms with Crippen LogP contribution < -0.4 is 0 Å². The molecule has 0 radical (unpaired) electrons. The summed E-state index contributed by atoms with van der Waals surface area (Å²) in [6.45, 7) is 14.4. The molecule has 2 fully saturated rings. The van der Waals surface area contributed by atoms with Crippen molar-refractivity contribution in [1.82, 2.24) is 29.4 Å². The van der Waals surface area contributed by atoms with Gasteiger partial charge in [0.05, 0.1) is 23.8 Å². The maximum atomic E-state index is 12.4. The van der Waals surface area contributed by atoms with Gasteiger partial charge in [-0.25, -0.2) is 9.59 Å². The number of hydrogen-bond donors (Lipinski definition) is 1. The lowest BCUT2D eigenvalue weighted by atomic mass is 9.73. The fraction of sp³-hybridized carbons (Fsp3) is 0.700. The maximum absolute atomic E-state index is 12.4. The minimum Gasteiger partial charge on any atom is -0.444 e. The molecule has 0 aliphatic carbocycles. The number of fused-ring (bicyclic) bond motifs is 4. The quantitative estimate of drug-likeness (QED) is 0.499. The third kappa shape index (κ3) is 5.65. The first-order valence-electron chi connectivity index (χ1n) is 14.9. The zero-order chi connectivity index (χ0) is 30.5. The lowest BCUT2D eigenvalue weighted by molar-refractivity contribution is -0.125. The first-order valence-corrected chi connectivity index (χ1v) is 14.9. The van der Waals surface area contributed by atoms with E-state index in [0.717, 1.165) is 24.2 Å². The molecule has 2 amide bonds. The van der Waals surface area contributed by atoms with Gasteiger partial charge in [-0.05, 0) is 79.4 Å². The summed E-state index contributed by atoms with van der Waals surface area (Å²) in [5.74, 6) is 0.217. The Bertz CT molecular complexity index is 1320. The van der Waals surface area contributed by atoms with E-state index in [1.54, 1.807) is 26.9 Å². The number of nitrogens with zero attached hydrogens (tertiary/aromatic N) is 6. The highest BCUT2D eigenvalue weighted by atomic mass is 16.6. The van der Waals surface area contributed by atoms with Crippen LogP contribution in [0.5, 0.6) is 0 Å². The molecule has 2 spiro atoms. The number of aliphatic hydroxyl groups excluding tert-OH is 1. The molecule has 2 aromatic heterocycles. The van der Waals surface area contributed by atoms with Gasteiger partial charge in [0.25, 0.3) is 0 Å². The van der Waals surface area contributed by atoms with Crippen molar-refractivity contribution in [2.75, 3.05) is 26.2 Å². The Morgan fingerprint density at radius 3 is 1.81 bits per heavy atom. The first kappa shape index (κ1) is 30.1. The molecule has 0 bridgehead atoms. The van der Waals surface area contributed by atoms with Crippen molar-refractivity contribution in [3.05, 3.63) is 35.9 Å². The number of aliphatic hydroxyl groups is 1. The summed E-state index contributed by atoms with van der Waals surface area (Å²) in [5, 5.41) is 18.9. The summed E-state index contributed by atoms with van der Waals surface area (Å²) in [7, 11) is 0. The van der Waals surface area contributed by atoms with E-state index in [9.17, 15) is 19.5 Å². The lowest BCUT2D eigenvalue weighted by Crippen LogP contribution is -2.50. The van der Waals surface area contributed by atoms with Crippen LogP contribution in [0.3, 0.4) is 0 Å². The number of rotatable bonds is 0. The summed E-state index contributed by atoms with van der Waals surface area (Å²) < 4.78 is 14.5. The third-order valence-corrected chi connectivity index (χ3v) is 8.82. The second-order valence-corrected chi connectivity index (χ2v) is 13.9. The molecule has 2 aromatic rings. The van der Waals surface area contributed by atoms with Gasteiger partial charge in [0.1, 0.15) is 17.7 Å². The number of likely N-dealkylation sites (tertiary alicyclic amines) is 2. The molecule has 12 heteroatoms. The molecule has 6 rings (SSSR count). The molecule has 1 N–H and O–H groups in total. The van der Waals surface area contributed by atoms with Crippen LogP contribution in [0.1, 0.15) is 78.6 Å². The van der Waals surface area contributed by atoms with Crippen molar-refractivity contribution >= 4 is 18.0 Å². The van der Waals surface area contributed by atoms with Crippen LogP contribution in [0.25, 0.3) is 0 Å². The fourth-order valence-electron chi connectivity index (χ4n) is 6.64. The number of aromatic nitrogens is 4. The molecule has 230 valence electrons. The van der Waals surface area contributed by atoms with E-state index in [-0.39, 0.29) is 23.4 Å². The number of carbonyl (C=O) groups is 3. The van der Waals surface area contributed by atoms with Crippen LogP contribution >= 0.6 is 0 Å². The van der Waals surface area contributed by atoms with E-state index in [2.05, 4.69) is 10.2 Å². The molecule has 12 nitrogen and oxygen atoms in total. The van der Waals surface area contributed by atoms with E-state index < -0.39 is 22.7 Å². The van der Waals surface area contributed by atoms with Crippen molar-refractivity contribution in [2.24, 2.45) is 0 Å². The van der Waals surface area contributed by atoms with Crippen LogP contribution in [0.15, 0.2) is 24.5 Å². The molecular formula is C30H44N6O6. The minimum atomic E-state index is -0.492. The predicted molar refractivity (Wildman–Crippen MR) is 153 cm³/mol. The van der Waals surface area contributed by atoms with E-state index in [0.29, 0.717) is 52.1 Å². The summed E-state index contributed by atoms with van der Waals surface area (Å²) in [6, 6.07) is 3.91. The fourth-order valence-corrected chi connectivity index (χ4v) is 6.64. The first-order chi connectivity index (χ1) is 19.6. The van der Waals surface area contributed by atoms with Crippen LogP contribution in [-0.2, 0) is 38.2 Å². The number of carbonyl (C=O) groups excluding carboxylic acids is 3. The summed E-state index contributed by atoms with van der Waals surface area (Å²) in [4.78, 5) is 40.0.